The molecule has 0 amide bonds. The SMILES string of the molecule is O=S(=O)(Nc1ncns1)n1ncc2ccccc21. The molecule has 3 rings (SSSR count). The number of anilines is 1. The van der Waals surface area contributed by atoms with Crippen LogP contribution in [0.3, 0.4) is 0 Å². The zero-order valence-corrected chi connectivity index (χ0v) is 10.5. The number of nitrogens with zero attached hydrogens (tertiary/aromatic N) is 4. The van der Waals surface area contributed by atoms with Gasteiger partial charge < -0.3 is 0 Å². The number of aromatic nitrogens is 4. The fourth-order valence-corrected chi connectivity index (χ4v) is 3.22. The summed E-state index contributed by atoms with van der Waals surface area (Å²) in [6.07, 6.45) is 2.78. The maximum atomic E-state index is 12.1. The van der Waals surface area contributed by atoms with E-state index in [9.17, 15) is 8.42 Å². The van der Waals surface area contributed by atoms with Crippen molar-refractivity contribution in [3.05, 3.63) is 36.8 Å². The summed E-state index contributed by atoms with van der Waals surface area (Å²) in [5.41, 5.74) is 0.509. The average Bonchev–Trinajstić information content (AvgIpc) is 2.96. The van der Waals surface area contributed by atoms with Crippen molar-refractivity contribution >= 4 is 37.8 Å². The number of hydrogen-bond acceptors (Lipinski definition) is 6. The summed E-state index contributed by atoms with van der Waals surface area (Å²) in [4.78, 5) is 3.77. The molecule has 7 nitrogen and oxygen atoms in total. The van der Waals surface area contributed by atoms with Crippen LogP contribution in [0.1, 0.15) is 0 Å². The van der Waals surface area contributed by atoms with Gasteiger partial charge in [-0.1, -0.05) is 18.2 Å². The van der Waals surface area contributed by atoms with Crippen LogP contribution < -0.4 is 4.72 Å². The van der Waals surface area contributed by atoms with E-state index in [-0.39, 0.29) is 5.13 Å². The molecule has 9 heteroatoms. The predicted octanol–water partition coefficient (Wildman–Crippen LogP) is 1.09. The van der Waals surface area contributed by atoms with Gasteiger partial charge in [0, 0.05) is 16.9 Å². The Hall–Kier alpha value is -2.00. The van der Waals surface area contributed by atoms with Gasteiger partial charge in [-0.15, -0.1) is 4.09 Å². The quantitative estimate of drug-likeness (QED) is 0.776. The molecule has 0 aliphatic carbocycles. The fraction of sp³-hybridized carbons (Fsp3) is 0. The second-order valence-electron chi connectivity index (χ2n) is 3.40. The number of nitrogens with one attached hydrogen (secondary N) is 1. The van der Waals surface area contributed by atoms with E-state index in [2.05, 4.69) is 19.2 Å². The lowest BCUT2D eigenvalue weighted by molar-refractivity contribution is 0.588. The molecule has 0 spiro atoms. The topological polar surface area (TPSA) is 89.8 Å². The lowest BCUT2D eigenvalue weighted by atomic mass is 10.3. The van der Waals surface area contributed by atoms with Gasteiger partial charge in [0.2, 0.25) is 5.13 Å². The van der Waals surface area contributed by atoms with E-state index in [4.69, 9.17) is 0 Å². The summed E-state index contributed by atoms with van der Waals surface area (Å²) in [7, 11) is -3.80. The molecular formula is C9H7N5O2S2. The van der Waals surface area contributed by atoms with E-state index in [0.29, 0.717) is 5.52 Å². The zero-order valence-electron chi connectivity index (χ0n) is 8.89. The Morgan fingerprint density at radius 3 is 2.89 bits per heavy atom. The normalized spacial score (nSPS) is 11.8. The first-order valence-corrected chi connectivity index (χ1v) is 7.11. The maximum Gasteiger partial charge on any atom is 0.345 e. The lowest BCUT2D eigenvalue weighted by Gasteiger charge is -2.05. The van der Waals surface area contributed by atoms with Gasteiger partial charge in [-0.25, -0.2) is 9.71 Å². The highest BCUT2D eigenvalue weighted by Gasteiger charge is 2.18. The van der Waals surface area contributed by atoms with Gasteiger partial charge in [0.1, 0.15) is 6.33 Å². The summed E-state index contributed by atoms with van der Waals surface area (Å²) in [5, 5.41) is 4.82. The summed E-state index contributed by atoms with van der Waals surface area (Å²) in [5.74, 6) is 0. The first-order chi connectivity index (χ1) is 8.67. The second-order valence-corrected chi connectivity index (χ2v) is 5.68. The van der Waals surface area contributed by atoms with Gasteiger partial charge in [-0.05, 0) is 6.07 Å². The molecule has 0 radical (unpaired) electrons. The third kappa shape index (κ3) is 1.83. The highest BCUT2D eigenvalue weighted by atomic mass is 32.2. The highest BCUT2D eigenvalue weighted by Crippen LogP contribution is 2.17. The highest BCUT2D eigenvalue weighted by molar-refractivity contribution is 7.91. The summed E-state index contributed by atoms with van der Waals surface area (Å²) < 4.78 is 31.2. The van der Waals surface area contributed by atoms with Crippen molar-refractivity contribution < 1.29 is 8.42 Å². The fourth-order valence-electron chi connectivity index (χ4n) is 1.51. The van der Waals surface area contributed by atoms with Crippen molar-refractivity contribution in [1.29, 1.82) is 0 Å². The molecule has 0 aliphatic heterocycles. The van der Waals surface area contributed by atoms with Crippen LogP contribution >= 0.6 is 11.5 Å². The van der Waals surface area contributed by atoms with Crippen molar-refractivity contribution in [3.8, 4) is 0 Å². The Labute approximate surface area is 106 Å². The van der Waals surface area contributed by atoms with Gasteiger partial charge in [-0.2, -0.15) is 17.9 Å². The summed E-state index contributed by atoms with van der Waals surface area (Å²) >= 11 is 0.960. The van der Waals surface area contributed by atoms with Crippen molar-refractivity contribution in [2.45, 2.75) is 0 Å². The number of rotatable bonds is 3. The molecule has 0 atom stereocenters. The maximum absolute atomic E-state index is 12.1. The number of fused-ring (bicyclic) bond motifs is 1. The predicted molar refractivity (Wildman–Crippen MR) is 67.6 cm³/mol. The molecule has 0 saturated carbocycles. The van der Waals surface area contributed by atoms with Crippen LogP contribution in [-0.4, -0.2) is 27.0 Å². The molecule has 0 saturated heterocycles. The summed E-state index contributed by atoms with van der Waals surface area (Å²) in [6.45, 7) is 0. The Bertz CT molecular complexity index is 778. The van der Waals surface area contributed by atoms with Gasteiger partial charge in [-0.3, -0.25) is 0 Å². The molecular weight excluding hydrogens is 274 g/mol. The van der Waals surface area contributed by atoms with Crippen molar-refractivity contribution in [2.24, 2.45) is 0 Å². The first-order valence-electron chi connectivity index (χ1n) is 4.89. The van der Waals surface area contributed by atoms with Gasteiger partial charge >= 0.3 is 10.2 Å². The monoisotopic (exact) mass is 281 g/mol. The Morgan fingerprint density at radius 2 is 2.11 bits per heavy atom. The van der Waals surface area contributed by atoms with E-state index in [1.807, 2.05) is 6.07 Å². The van der Waals surface area contributed by atoms with Gasteiger partial charge in [0.05, 0.1) is 11.7 Å². The minimum atomic E-state index is -3.80. The Balaban J connectivity index is 2.08. The smallest absolute Gasteiger partial charge is 0.239 e. The Kier molecular flexibility index (Phi) is 2.49. The van der Waals surface area contributed by atoms with E-state index in [1.54, 1.807) is 18.2 Å². The molecule has 1 aromatic carbocycles. The number of benzene rings is 1. The molecule has 92 valence electrons. The van der Waals surface area contributed by atoms with Crippen LogP contribution in [0.5, 0.6) is 0 Å². The van der Waals surface area contributed by atoms with E-state index in [1.165, 1.54) is 12.5 Å². The molecule has 0 bridgehead atoms. The second kappa shape index (κ2) is 4.03. The van der Waals surface area contributed by atoms with Crippen molar-refractivity contribution in [1.82, 2.24) is 18.5 Å². The molecule has 18 heavy (non-hydrogen) atoms. The third-order valence-corrected chi connectivity index (χ3v) is 4.16. The minimum Gasteiger partial charge on any atom is -0.239 e. The third-order valence-electron chi connectivity index (χ3n) is 2.25. The van der Waals surface area contributed by atoms with E-state index >= 15 is 0 Å². The lowest BCUT2D eigenvalue weighted by Crippen LogP contribution is -2.22. The van der Waals surface area contributed by atoms with Crippen LogP contribution in [0.2, 0.25) is 0 Å². The van der Waals surface area contributed by atoms with Crippen LogP contribution in [-0.2, 0) is 10.2 Å². The molecule has 3 aromatic rings. The van der Waals surface area contributed by atoms with Crippen LogP contribution in [0.4, 0.5) is 5.13 Å². The molecule has 0 fully saturated rings. The van der Waals surface area contributed by atoms with Crippen LogP contribution in [0.15, 0.2) is 36.8 Å². The summed E-state index contributed by atoms with van der Waals surface area (Å²) in [6, 6.07) is 7.04. The minimum absolute atomic E-state index is 0.203. The molecule has 2 heterocycles. The molecule has 0 unspecified atom stereocenters. The average molecular weight is 281 g/mol. The Morgan fingerprint density at radius 1 is 1.28 bits per heavy atom. The van der Waals surface area contributed by atoms with Crippen molar-refractivity contribution in [2.75, 3.05) is 4.72 Å². The number of para-hydroxylation sites is 1. The van der Waals surface area contributed by atoms with E-state index in [0.717, 1.165) is 21.0 Å². The molecule has 0 aliphatic rings. The number of hydrogen-bond donors (Lipinski definition) is 1. The molecule has 2 aromatic heterocycles. The van der Waals surface area contributed by atoms with Gasteiger partial charge in [0.25, 0.3) is 0 Å². The van der Waals surface area contributed by atoms with Crippen LogP contribution in [0.25, 0.3) is 10.9 Å². The van der Waals surface area contributed by atoms with Gasteiger partial charge in [0.15, 0.2) is 0 Å². The molecule has 1 N–H and O–H groups in total. The largest absolute Gasteiger partial charge is 0.345 e. The standard InChI is InChI=1S/C9H7N5O2S2/c15-18(16,13-9-10-6-12-17-9)14-8-4-2-1-3-7(8)5-11-14/h1-6H,(H,10,12,13). The van der Waals surface area contributed by atoms with Crippen molar-refractivity contribution in [3.63, 3.8) is 0 Å². The zero-order chi connectivity index (χ0) is 12.6. The van der Waals surface area contributed by atoms with E-state index < -0.39 is 10.2 Å². The van der Waals surface area contributed by atoms with Crippen LogP contribution in [0, 0.1) is 0 Å². The first kappa shape index (κ1) is 11.1.